The van der Waals surface area contributed by atoms with E-state index in [1.165, 1.54) is 0 Å². The molecule has 4 nitrogen and oxygen atoms in total. The number of nitrogens with zero attached hydrogens (tertiary/aromatic N) is 1. The van der Waals surface area contributed by atoms with E-state index in [9.17, 15) is 0 Å². The van der Waals surface area contributed by atoms with Crippen molar-refractivity contribution in [1.82, 2.24) is 0 Å². The Hall–Kier alpha value is -1.73. The zero-order chi connectivity index (χ0) is 11.3. The van der Waals surface area contributed by atoms with Crippen LogP contribution in [-0.2, 0) is 0 Å². The van der Waals surface area contributed by atoms with Crippen LogP contribution >= 0.6 is 0 Å². The number of aliphatic hydroxyl groups is 1. The van der Waals surface area contributed by atoms with Crippen LogP contribution in [0, 0.1) is 17.2 Å². The molecule has 0 saturated heterocycles. The van der Waals surface area contributed by atoms with Crippen LogP contribution in [-0.4, -0.2) is 18.3 Å². The molecule has 4 heteroatoms. The quantitative estimate of drug-likeness (QED) is 0.724. The summed E-state index contributed by atoms with van der Waals surface area (Å²) in [5.74, 6) is 0.557. The van der Waals surface area contributed by atoms with Crippen molar-refractivity contribution in [2.24, 2.45) is 5.92 Å². The highest BCUT2D eigenvalue weighted by Gasteiger charge is 2.06. The maximum absolute atomic E-state index is 8.83. The van der Waals surface area contributed by atoms with Crippen molar-refractivity contribution >= 4 is 5.69 Å². The molecule has 0 radical (unpaired) electrons. The molecule has 0 amide bonds. The summed E-state index contributed by atoms with van der Waals surface area (Å²) in [5, 5.41) is 17.6. The van der Waals surface area contributed by atoms with Gasteiger partial charge in [0, 0.05) is 18.2 Å². The topological polar surface area (TPSA) is 79.3 Å². The molecule has 0 heterocycles. The SMILES string of the molecule is CC(CO)COc1ccc(N)cc1C#N. The highest BCUT2D eigenvalue weighted by molar-refractivity contribution is 5.53. The minimum absolute atomic E-state index is 0.0501. The van der Waals surface area contributed by atoms with Crippen LogP contribution in [0.15, 0.2) is 18.2 Å². The van der Waals surface area contributed by atoms with Gasteiger partial charge in [-0.1, -0.05) is 6.92 Å². The predicted octanol–water partition coefficient (Wildman–Crippen LogP) is 1.15. The summed E-state index contributed by atoms with van der Waals surface area (Å²) < 4.78 is 5.40. The van der Waals surface area contributed by atoms with Gasteiger partial charge in [-0.3, -0.25) is 0 Å². The largest absolute Gasteiger partial charge is 0.492 e. The lowest BCUT2D eigenvalue weighted by atomic mass is 10.2. The Morgan fingerprint density at radius 2 is 2.33 bits per heavy atom. The lowest BCUT2D eigenvalue weighted by molar-refractivity contribution is 0.174. The van der Waals surface area contributed by atoms with E-state index >= 15 is 0 Å². The number of nitriles is 1. The lowest BCUT2D eigenvalue weighted by Gasteiger charge is -2.11. The normalized spacial score (nSPS) is 11.8. The maximum Gasteiger partial charge on any atom is 0.137 e. The molecule has 15 heavy (non-hydrogen) atoms. The summed E-state index contributed by atoms with van der Waals surface area (Å²) in [6, 6.07) is 6.92. The van der Waals surface area contributed by atoms with Gasteiger partial charge in [0.05, 0.1) is 12.2 Å². The number of anilines is 1. The first-order valence-electron chi connectivity index (χ1n) is 4.70. The van der Waals surface area contributed by atoms with E-state index in [0.29, 0.717) is 23.6 Å². The Morgan fingerprint density at radius 1 is 1.60 bits per heavy atom. The monoisotopic (exact) mass is 206 g/mol. The molecule has 0 saturated carbocycles. The summed E-state index contributed by atoms with van der Waals surface area (Å²) in [5.41, 5.74) is 6.49. The van der Waals surface area contributed by atoms with E-state index in [1.54, 1.807) is 18.2 Å². The average Bonchev–Trinajstić information content (AvgIpc) is 2.26. The Kier molecular flexibility index (Phi) is 3.95. The second-order valence-electron chi connectivity index (χ2n) is 3.47. The number of benzene rings is 1. The minimum atomic E-state index is 0.0501. The number of nitrogen functional groups attached to an aromatic ring is 1. The van der Waals surface area contributed by atoms with E-state index in [2.05, 4.69) is 0 Å². The summed E-state index contributed by atoms with van der Waals surface area (Å²) >= 11 is 0. The van der Waals surface area contributed by atoms with Gasteiger partial charge >= 0.3 is 0 Å². The highest BCUT2D eigenvalue weighted by Crippen LogP contribution is 2.20. The van der Waals surface area contributed by atoms with Gasteiger partial charge in [0.1, 0.15) is 11.8 Å². The Balaban J connectivity index is 2.73. The van der Waals surface area contributed by atoms with Gasteiger partial charge in [-0.2, -0.15) is 5.26 Å². The van der Waals surface area contributed by atoms with Crippen molar-refractivity contribution in [1.29, 1.82) is 5.26 Å². The first-order chi connectivity index (χ1) is 7.17. The van der Waals surface area contributed by atoms with E-state index in [0.717, 1.165) is 0 Å². The standard InChI is InChI=1S/C11H14N2O2/c1-8(6-14)7-15-11-3-2-10(13)4-9(11)5-12/h2-4,8,14H,6-7,13H2,1H3. The van der Waals surface area contributed by atoms with Crippen LogP contribution in [0.3, 0.4) is 0 Å². The van der Waals surface area contributed by atoms with Crippen LogP contribution in [0.2, 0.25) is 0 Å². The summed E-state index contributed by atoms with van der Waals surface area (Å²) in [4.78, 5) is 0. The van der Waals surface area contributed by atoms with Crippen LogP contribution in [0.1, 0.15) is 12.5 Å². The van der Waals surface area contributed by atoms with Crippen molar-refractivity contribution in [3.63, 3.8) is 0 Å². The number of hydrogen-bond donors (Lipinski definition) is 2. The Morgan fingerprint density at radius 3 is 2.93 bits per heavy atom. The molecule has 0 spiro atoms. The average molecular weight is 206 g/mol. The highest BCUT2D eigenvalue weighted by atomic mass is 16.5. The van der Waals surface area contributed by atoms with E-state index in [-0.39, 0.29) is 12.5 Å². The fourth-order valence-electron chi connectivity index (χ4n) is 1.05. The van der Waals surface area contributed by atoms with Gasteiger partial charge < -0.3 is 15.6 Å². The third-order valence-corrected chi connectivity index (χ3v) is 1.96. The van der Waals surface area contributed by atoms with Gasteiger partial charge in [0.15, 0.2) is 0 Å². The third-order valence-electron chi connectivity index (χ3n) is 1.96. The summed E-state index contributed by atoms with van der Waals surface area (Å²) in [7, 11) is 0. The van der Waals surface area contributed by atoms with Crippen LogP contribution in [0.25, 0.3) is 0 Å². The van der Waals surface area contributed by atoms with Gasteiger partial charge in [-0.05, 0) is 18.2 Å². The molecule has 3 N–H and O–H groups in total. The number of ether oxygens (including phenoxy) is 1. The molecule has 0 aliphatic heterocycles. The number of hydrogen-bond acceptors (Lipinski definition) is 4. The van der Waals surface area contributed by atoms with Crippen molar-refractivity contribution in [2.75, 3.05) is 18.9 Å². The number of nitrogens with two attached hydrogens (primary N) is 1. The molecule has 0 fully saturated rings. The lowest BCUT2D eigenvalue weighted by Crippen LogP contribution is -2.12. The molecular formula is C11H14N2O2. The van der Waals surface area contributed by atoms with E-state index in [1.807, 2.05) is 13.0 Å². The molecule has 0 bridgehead atoms. The van der Waals surface area contributed by atoms with Crippen molar-refractivity contribution in [3.05, 3.63) is 23.8 Å². The molecule has 0 aromatic heterocycles. The first-order valence-corrected chi connectivity index (χ1v) is 4.70. The second-order valence-corrected chi connectivity index (χ2v) is 3.47. The van der Waals surface area contributed by atoms with E-state index in [4.69, 9.17) is 20.8 Å². The van der Waals surface area contributed by atoms with Crippen molar-refractivity contribution in [2.45, 2.75) is 6.92 Å². The fourth-order valence-corrected chi connectivity index (χ4v) is 1.05. The molecule has 1 aromatic rings. The molecular weight excluding hydrogens is 192 g/mol. The Labute approximate surface area is 88.9 Å². The molecule has 1 rings (SSSR count). The zero-order valence-corrected chi connectivity index (χ0v) is 8.60. The number of rotatable bonds is 4. The zero-order valence-electron chi connectivity index (χ0n) is 8.60. The second kappa shape index (κ2) is 5.23. The van der Waals surface area contributed by atoms with Crippen LogP contribution in [0.4, 0.5) is 5.69 Å². The number of aliphatic hydroxyl groups excluding tert-OH is 1. The minimum Gasteiger partial charge on any atom is -0.492 e. The molecule has 0 aliphatic carbocycles. The third kappa shape index (κ3) is 3.15. The smallest absolute Gasteiger partial charge is 0.137 e. The summed E-state index contributed by atoms with van der Waals surface area (Å²) in [6.07, 6.45) is 0. The predicted molar refractivity (Wildman–Crippen MR) is 57.3 cm³/mol. The Bertz CT molecular complexity index is 371. The molecule has 1 aromatic carbocycles. The molecule has 1 unspecified atom stereocenters. The fraction of sp³-hybridized carbons (Fsp3) is 0.364. The molecule has 0 aliphatic rings. The van der Waals surface area contributed by atoms with Gasteiger partial charge in [-0.25, -0.2) is 0 Å². The molecule has 80 valence electrons. The van der Waals surface area contributed by atoms with Gasteiger partial charge in [0.2, 0.25) is 0 Å². The summed E-state index contributed by atoms with van der Waals surface area (Å²) in [6.45, 7) is 2.31. The van der Waals surface area contributed by atoms with Crippen LogP contribution in [0.5, 0.6) is 5.75 Å². The van der Waals surface area contributed by atoms with E-state index < -0.39 is 0 Å². The van der Waals surface area contributed by atoms with Crippen LogP contribution < -0.4 is 10.5 Å². The van der Waals surface area contributed by atoms with Gasteiger partial charge in [-0.15, -0.1) is 0 Å². The molecule has 1 atom stereocenters. The van der Waals surface area contributed by atoms with Crippen molar-refractivity contribution < 1.29 is 9.84 Å². The van der Waals surface area contributed by atoms with Crippen molar-refractivity contribution in [3.8, 4) is 11.8 Å². The van der Waals surface area contributed by atoms with Gasteiger partial charge in [0.25, 0.3) is 0 Å². The maximum atomic E-state index is 8.83. The first kappa shape index (κ1) is 11.3.